The zero-order valence-electron chi connectivity index (χ0n) is 14.8. The molecule has 0 radical (unpaired) electrons. The van der Waals surface area contributed by atoms with Gasteiger partial charge in [0, 0.05) is 37.2 Å². The molecule has 0 spiro atoms. The van der Waals surface area contributed by atoms with Crippen molar-refractivity contribution in [3.8, 4) is 0 Å². The van der Waals surface area contributed by atoms with Gasteiger partial charge in [-0.3, -0.25) is 0 Å². The summed E-state index contributed by atoms with van der Waals surface area (Å²) in [5.41, 5.74) is 1.16. The standard InChI is InChI=1S/C18H28FN3O2/c1-18(13-23)7-4-8-22(12-18)17(24)20-10-14-5-6-15(11-21(2)3)16(19)9-14/h5-6,9,23H,4,7-8,10-13H2,1-3H3,(H,20,24). The van der Waals surface area contributed by atoms with Crippen molar-refractivity contribution in [2.45, 2.75) is 32.9 Å². The van der Waals surface area contributed by atoms with Gasteiger partial charge in [-0.2, -0.15) is 0 Å². The highest BCUT2D eigenvalue weighted by molar-refractivity contribution is 5.74. The van der Waals surface area contributed by atoms with E-state index in [1.807, 2.05) is 32.0 Å². The van der Waals surface area contributed by atoms with Crippen LogP contribution in [0.5, 0.6) is 0 Å². The third kappa shape index (κ3) is 4.92. The van der Waals surface area contributed by atoms with Crippen molar-refractivity contribution in [3.63, 3.8) is 0 Å². The number of carbonyl (C=O) groups excluding carboxylic acids is 1. The zero-order chi connectivity index (χ0) is 17.7. The number of carbonyl (C=O) groups is 1. The van der Waals surface area contributed by atoms with Crippen molar-refractivity contribution in [1.29, 1.82) is 0 Å². The van der Waals surface area contributed by atoms with E-state index in [0.29, 0.717) is 31.7 Å². The van der Waals surface area contributed by atoms with Crippen LogP contribution in [0.15, 0.2) is 18.2 Å². The van der Waals surface area contributed by atoms with E-state index >= 15 is 0 Å². The number of aliphatic hydroxyl groups is 1. The monoisotopic (exact) mass is 337 g/mol. The van der Waals surface area contributed by atoms with Gasteiger partial charge in [-0.25, -0.2) is 9.18 Å². The Bertz CT molecular complexity index is 579. The molecule has 24 heavy (non-hydrogen) atoms. The summed E-state index contributed by atoms with van der Waals surface area (Å²) in [5, 5.41) is 12.3. The SMILES string of the molecule is CN(C)Cc1ccc(CNC(=O)N2CCCC(C)(CO)C2)cc1F. The molecule has 1 aliphatic heterocycles. The van der Waals surface area contributed by atoms with Crippen LogP contribution in [-0.2, 0) is 13.1 Å². The average Bonchev–Trinajstić information content (AvgIpc) is 2.54. The average molecular weight is 337 g/mol. The maximum absolute atomic E-state index is 14.1. The maximum atomic E-state index is 14.1. The topological polar surface area (TPSA) is 55.8 Å². The predicted octanol–water partition coefficient (Wildman–Crippen LogP) is 2.19. The highest BCUT2D eigenvalue weighted by Gasteiger charge is 2.32. The highest BCUT2D eigenvalue weighted by atomic mass is 19.1. The second-order valence-corrected chi connectivity index (χ2v) is 7.32. The lowest BCUT2D eigenvalue weighted by atomic mass is 9.83. The van der Waals surface area contributed by atoms with Gasteiger partial charge in [-0.05, 0) is 38.6 Å². The Balaban J connectivity index is 1.91. The molecule has 1 atom stereocenters. The molecule has 1 heterocycles. The number of hydrogen-bond acceptors (Lipinski definition) is 3. The number of rotatable bonds is 5. The summed E-state index contributed by atoms with van der Waals surface area (Å²) in [4.78, 5) is 15.9. The molecule has 0 saturated carbocycles. The normalized spacial score (nSPS) is 21.2. The largest absolute Gasteiger partial charge is 0.396 e. The summed E-state index contributed by atoms with van der Waals surface area (Å²) in [6, 6.07) is 4.93. The molecule has 1 unspecified atom stereocenters. The number of nitrogens with zero attached hydrogens (tertiary/aromatic N) is 2. The minimum Gasteiger partial charge on any atom is -0.396 e. The summed E-state index contributed by atoms with van der Waals surface area (Å²) < 4.78 is 14.1. The maximum Gasteiger partial charge on any atom is 0.317 e. The third-order valence-electron chi connectivity index (χ3n) is 4.50. The molecule has 1 aromatic carbocycles. The molecule has 0 bridgehead atoms. The minimum absolute atomic E-state index is 0.0787. The van der Waals surface area contributed by atoms with Crippen LogP contribution in [0, 0.1) is 11.2 Å². The number of halogens is 1. The van der Waals surface area contributed by atoms with Crippen LogP contribution < -0.4 is 5.32 Å². The van der Waals surface area contributed by atoms with E-state index in [1.165, 1.54) is 6.07 Å². The van der Waals surface area contributed by atoms with Gasteiger partial charge < -0.3 is 20.2 Å². The van der Waals surface area contributed by atoms with Crippen LogP contribution in [0.25, 0.3) is 0 Å². The molecule has 2 N–H and O–H groups in total. The molecule has 1 aliphatic rings. The van der Waals surface area contributed by atoms with Crippen molar-refractivity contribution < 1.29 is 14.3 Å². The predicted molar refractivity (Wildman–Crippen MR) is 92.0 cm³/mol. The second kappa shape index (κ2) is 7.94. The van der Waals surface area contributed by atoms with Gasteiger partial charge in [0.1, 0.15) is 5.82 Å². The summed E-state index contributed by atoms with van der Waals surface area (Å²) >= 11 is 0. The number of hydrogen-bond donors (Lipinski definition) is 2. The molecule has 5 nitrogen and oxygen atoms in total. The van der Waals surface area contributed by atoms with Crippen LogP contribution in [0.1, 0.15) is 30.9 Å². The van der Waals surface area contributed by atoms with Crippen LogP contribution in [-0.4, -0.2) is 54.7 Å². The first-order valence-electron chi connectivity index (χ1n) is 8.39. The molecule has 6 heteroatoms. The fraction of sp³-hybridized carbons (Fsp3) is 0.611. The Labute approximate surface area is 143 Å². The Hall–Kier alpha value is -1.66. The van der Waals surface area contributed by atoms with E-state index in [1.54, 1.807) is 11.0 Å². The van der Waals surface area contributed by atoms with E-state index in [4.69, 9.17) is 0 Å². The molecule has 1 saturated heterocycles. The lowest BCUT2D eigenvalue weighted by Gasteiger charge is -2.39. The summed E-state index contributed by atoms with van der Waals surface area (Å²) in [7, 11) is 3.79. The van der Waals surface area contributed by atoms with E-state index in [-0.39, 0.29) is 23.9 Å². The van der Waals surface area contributed by atoms with E-state index in [0.717, 1.165) is 18.4 Å². The van der Waals surface area contributed by atoms with Gasteiger partial charge in [0.15, 0.2) is 0 Å². The van der Waals surface area contributed by atoms with E-state index < -0.39 is 0 Å². The summed E-state index contributed by atoms with van der Waals surface area (Å²) in [5.74, 6) is -0.249. The molecule has 0 aliphatic carbocycles. The molecule has 0 aromatic heterocycles. The van der Waals surface area contributed by atoms with Crippen molar-refractivity contribution in [2.75, 3.05) is 33.8 Å². The third-order valence-corrected chi connectivity index (χ3v) is 4.50. The fourth-order valence-electron chi connectivity index (χ4n) is 3.08. The lowest BCUT2D eigenvalue weighted by Crippen LogP contribution is -2.49. The number of likely N-dealkylation sites (tertiary alicyclic amines) is 1. The van der Waals surface area contributed by atoms with Crippen LogP contribution in [0.4, 0.5) is 9.18 Å². The zero-order valence-corrected chi connectivity index (χ0v) is 14.8. The summed E-state index contributed by atoms with van der Waals surface area (Å²) in [6.45, 7) is 4.15. The van der Waals surface area contributed by atoms with E-state index in [2.05, 4.69) is 5.32 Å². The van der Waals surface area contributed by atoms with Gasteiger partial charge in [0.2, 0.25) is 0 Å². The molecule has 1 fully saturated rings. The number of amides is 2. The van der Waals surface area contributed by atoms with E-state index in [9.17, 15) is 14.3 Å². The molecular formula is C18H28FN3O2. The van der Waals surface area contributed by atoms with Crippen molar-refractivity contribution >= 4 is 6.03 Å². The Morgan fingerprint density at radius 1 is 1.46 bits per heavy atom. The molecule has 2 amide bonds. The lowest BCUT2D eigenvalue weighted by molar-refractivity contribution is 0.0614. The molecular weight excluding hydrogens is 309 g/mol. The molecule has 134 valence electrons. The van der Waals surface area contributed by atoms with Crippen LogP contribution >= 0.6 is 0 Å². The van der Waals surface area contributed by atoms with Crippen molar-refractivity contribution in [3.05, 3.63) is 35.1 Å². The Kier molecular flexibility index (Phi) is 6.18. The highest BCUT2D eigenvalue weighted by Crippen LogP contribution is 2.28. The second-order valence-electron chi connectivity index (χ2n) is 7.32. The first kappa shape index (κ1) is 18.7. The number of nitrogens with one attached hydrogen (secondary N) is 1. The quantitative estimate of drug-likeness (QED) is 0.866. The Morgan fingerprint density at radius 3 is 2.83 bits per heavy atom. The van der Waals surface area contributed by atoms with Crippen LogP contribution in [0.3, 0.4) is 0 Å². The number of aliphatic hydroxyl groups excluding tert-OH is 1. The first-order valence-corrected chi connectivity index (χ1v) is 8.39. The number of benzene rings is 1. The van der Waals surface area contributed by atoms with Crippen LogP contribution in [0.2, 0.25) is 0 Å². The molecule has 1 aromatic rings. The number of urea groups is 1. The van der Waals surface area contributed by atoms with Crippen molar-refractivity contribution in [1.82, 2.24) is 15.1 Å². The molecule has 2 rings (SSSR count). The first-order chi connectivity index (χ1) is 11.3. The number of piperidine rings is 1. The Morgan fingerprint density at radius 2 is 2.21 bits per heavy atom. The van der Waals surface area contributed by atoms with Gasteiger partial charge >= 0.3 is 6.03 Å². The van der Waals surface area contributed by atoms with Gasteiger partial charge in [0.25, 0.3) is 0 Å². The van der Waals surface area contributed by atoms with Gasteiger partial charge in [0.05, 0.1) is 6.61 Å². The van der Waals surface area contributed by atoms with Crippen molar-refractivity contribution in [2.24, 2.45) is 5.41 Å². The minimum atomic E-state index is -0.249. The summed E-state index contributed by atoms with van der Waals surface area (Å²) in [6.07, 6.45) is 1.81. The van der Waals surface area contributed by atoms with Gasteiger partial charge in [-0.15, -0.1) is 0 Å². The fourth-order valence-corrected chi connectivity index (χ4v) is 3.08. The smallest absolute Gasteiger partial charge is 0.317 e. The van der Waals surface area contributed by atoms with Gasteiger partial charge in [-0.1, -0.05) is 19.1 Å².